The van der Waals surface area contributed by atoms with Crippen LogP contribution in [0.1, 0.15) is 61.2 Å². The summed E-state index contributed by atoms with van der Waals surface area (Å²) in [6.45, 7) is 16.2. The molecule has 0 aliphatic carbocycles. The van der Waals surface area contributed by atoms with Crippen molar-refractivity contribution in [2.45, 2.75) is 79.5 Å². The van der Waals surface area contributed by atoms with Gasteiger partial charge in [0.15, 0.2) is 19.5 Å². The molecule has 2 aromatic carbocycles. The summed E-state index contributed by atoms with van der Waals surface area (Å²) in [5.41, 5.74) is 4.90. The highest BCUT2D eigenvalue weighted by molar-refractivity contribution is 6.26. The normalized spacial score (nSPS) is 13.3. The van der Waals surface area contributed by atoms with E-state index in [0.29, 0.717) is 12.0 Å². The fraction of sp³-hybridized carbons (Fsp3) is 0.481. The second-order valence-corrected chi connectivity index (χ2v) is 12.2. The SMILES string of the molecule is C[SiH2]OC(O[SiH2]C)C(C)(C)CC(C)(C)N(NC(=O)OCc1ccccc1)C(=O)c1cc(C)cc(C)c1. The molecule has 0 atom stereocenters. The quantitative estimate of drug-likeness (QED) is 0.265. The van der Waals surface area contributed by atoms with Crippen LogP contribution < -0.4 is 5.43 Å². The van der Waals surface area contributed by atoms with Crippen molar-refractivity contribution in [2.75, 3.05) is 0 Å². The predicted octanol–water partition coefficient (Wildman–Crippen LogP) is 4.41. The number of nitrogens with zero attached hydrogens (tertiary/aromatic N) is 1. The Morgan fingerprint density at radius 3 is 2.03 bits per heavy atom. The number of aryl methyl sites for hydroxylation is 2. The van der Waals surface area contributed by atoms with Gasteiger partial charge < -0.3 is 13.6 Å². The Bertz CT molecular complexity index is 988. The van der Waals surface area contributed by atoms with Gasteiger partial charge in [-0.3, -0.25) is 4.79 Å². The van der Waals surface area contributed by atoms with Crippen molar-refractivity contribution in [2.24, 2.45) is 5.41 Å². The largest absolute Gasteiger partial charge is 0.443 e. The van der Waals surface area contributed by atoms with Gasteiger partial charge in [-0.2, -0.15) is 0 Å². The minimum atomic E-state index is -0.778. The zero-order chi connectivity index (χ0) is 26.9. The van der Waals surface area contributed by atoms with Crippen LogP contribution in [0.5, 0.6) is 0 Å². The molecule has 0 saturated heterocycles. The maximum atomic E-state index is 13.8. The van der Waals surface area contributed by atoms with Crippen LogP contribution >= 0.6 is 0 Å². The summed E-state index contributed by atoms with van der Waals surface area (Å²) in [5, 5.41) is 1.40. The van der Waals surface area contributed by atoms with Gasteiger partial charge in [-0.05, 0) is 51.8 Å². The average molecular weight is 531 g/mol. The molecule has 0 bridgehead atoms. The number of hydrogen-bond acceptors (Lipinski definition) is 5. The van der Waals surface area contributed by atoms with Crippen LogP contribution in [0.2, 0.25) is 13.1 Å². The summed E-state index contributed by atoms with van der Waals surface area (Å²) in [4.78, 5) is 26.7. The zero-order valence-corrected chi connectivity index (χ0v) is 25.8. The van der Waals surface area contributed by atoms with E-state index in [1.54, 1.807) is 0 Å². The Morgan fingerprint density at radius 2 is 1.50 bits per heavy atom. The van der Waals surface area contributed by atoms with Gasteiger partial charge in [0.2, 0.25) is 0 Å². The van der Waals surface area contributed by atoms with Crippen LogP contribution in [0.25, 0.3) is 0 Å². The summed E-state index contributed by atoms with van der Waals surface area (Å²) >= 11 is 0. The maximum Gasteiger partial charge on any atom is 0.426 e. The molecule has 2 rings (SSSR count). The summed E-state index contributed by atoms with van der Waals surface area (Å²) in [6.07, 6.45) is -0.495. The minimum absolute atomic E-state index is 0.107. The molecule has 36 heavy (non-hydrogen) atoms. The van der Waals surface area contributed by atoms with E-state index >= 15 is 0 Å². The first kappa shape index (κ1) is 29.8. The molecule has 0 fully saturated rings. The second-order valence-electron chi connectivity index (χ2n) is 10.4. The lowest BCUT2D eigenvalue weighted by atomic mass is 9.79. The Labute approximate surface area is 220 Å². The Hall–Kier alpha value is -2.47. The molecule has 9 heteroatoms. The fourth-order valence-electron chi connectivity index (χ4n) is 4.63. The van der Waals surface area contributed by atoms with E-state index in [1.165, 1.54) is 5.01 Å². The first-order valence-electron chi connectivity index (χ1n) is 12.5. The number of hydrazine groups is 1. The summed E-state index contributed by atoms with van der Waals surface area (Å²) < 4.78 is 17.6. The first-order valence-corrected chi connectivity index (χ1v) is 16.5. The molecule has 0 spiro atoms. The van der Waals surface area contributed by atoms with Gasteiger partial charge in [-0.25, -0.2) is 15.2 Å². The average Bonchev–Trinajstić information content (AvgIpc) is 2.80. The molecule has 1 N–H and O–H groups in total. The van der Waals surface area contributed by atoms with Crippen molar-refractivity contribution >= 4 is 31.5 Å². The van der Waals surface area contributed by atoms with Crippen LogP contribution in [-0.4, -0.2) is 48.4 Å². The topological polar surface area (TPSA) is 77.1 Å². The number of hydrogen-bond donors (Lipinski definition) is 1. The molecule has 0 aliphatic rings. The van der Waals surface area contributed by atoms with Crippen molar-refractivity contribution in [1.29, 1.82) is 0 Å². The number of benzene rings is 2. The molecule has 0 aliphatic heterocycles. The van der Waals surface area contributed by atoms with Gasteiger partial charge in [0, 0.05) is 11.0 Å². The van der Waals surface area contributed by atoms with E-state index in [4.69, 9.17) is 13.6 Å². The summed E-state index contributed by atoms with van der Waals surface area (Å²) in [6, 6.07) is 15.1. The van der Waals surface area contributed by atoms with Crippen LogP contribution in [0.15, 0.2) is 48.5 Å². The lowest BCUT2D eigenvalue weighted by molar-refractivity contribution is -0.0996. The minimum Gasteiger partial charge on any atom is -0.443 e. The van der Waals surface area contributed by atoms with Gasteiger partial charge in [-0.1, -0.05) is 74.5 Å². The van der Waals surface area contributed by atoms with Gasteiger partial charge in [0.25, 0.3) is 5.91 Å². The van der Waals surface area contributed by atoms with Crippen molar-refractivity contribution < 1.29 is 23.2 Å². The van der Waals surface area contributed by atoms with Crippen molar-refractivity contribution in [1.82, 2.24) is 10.4 Å². The molecule has 0 unspecified atom stereocenters. The summed E-state index contributed by atoms with van der Waals surface area (Å²) in [5.74, 6) is -0.299. The third-order valence-corrected chi connectivity index (χ3v) is 7.13. The predicted molar refractivity (Wildman–Crippen MR) is 149 cm³/mol. The zero-order valence-electron chi connectivity index (χ0n) is 23.0. The fourth-order valence-corrected chi connectivity index (χ4v) is 6.52. The lowest BCUT2D eigenvalue weighted by Gasteiger charge is -2.45. The van der Waals surface area contributed by atoms with Gasteiger partial charge in [0.05, 0.1) is 5.54 Å². The number of rotatable bonds is 11. The highest BCUT2D eigenvalue weighted by atomic mass is 28.2. The molecule has 0 radical (unpaired) electrons. The first-order chi connectivity index (χ1) is 16.9. The maximum absolute atomic E-state index is 13.8. The van der Waals surface area contributed by atoms with Crippen LogP contribution in [-0.2, 0) is 20.2 Å². The molecule has 7 nitrogen and oxygen atoms in total. The van der Waals surface area contributed by atoms with E-state index in [9.17, 15) is 9.59 Å². The molecule has 0 aromatic heterocycles. The van der Waals surface area contributed by atoms with E-state index in [-0.39, 0.29) is 18.8 Å². The highest BCUT2D eigenvalue weighted by Gasteiger charge is 2.42. The third kappa shape index (κ3) is 8.58. The molecular formula is C27H42N2O5Si2. The van der Waals surface area contributed by atoms with Crippen LogP contribution in [0, 0.1) is 19.3 Å². The standard InChI is InChI=1S/C27H42N2O5Si2/c1-19-14-20(2)16-22(15-19)23(30)29(28-25(31)32-17-21-12-10-9-11-13-21)27(5,6)18-26(3,4)24(33-35-7)34-36-8/h9-16,24H,17-18,35-36H2,1-8H3,(H,28,31). The van der Waals surface area contributed by atoms with E-state index in [2.05, 4.69) is 32.4 Å². The number of nitrogens with one attached hydrogen (secondary N) is 1. The van der Waals surface area contributed by atoms with E-state index in [1.807, 2.05) is 76.2 Å². The van der Waals surface area contributed by atoms with Gasteiger partial charge >= 0.3 is 6.09 Å². The summed E-state index contributed by atoms with van der Waals surface area (Å²) in [7, 11) is -1.39. The molecule has 2 amide bonds. The number of carbonyl (C=O) groups excluding carboxylic acids is 2. The number of ether oxygens (including phenoxy) is 1. The second kappa shape index (κ2) is 13.2. The van der Waals surface area contributed by atoms with E-state index < -0.39 is 36.6 Å². The van der Waals surface area contributed by atoms with Crippen molar-refractivity contribution in [3.63, 3.8) is 0 Å². The molecule has 0 heterocycles. The highest BCUT2D eigenvalue weighted by Crippen LogP contribution is 2.36. The Kier molecular flexibility index (Phi) is 10.9. The lowest BCUT2D eigenvalue weighted by Crippen LogP contribution is -2.59. The third-order valence-electron chi connectivity index (χ3n) is 5.86. The molecular weight excluding hydrogens is 488 g/mol. The molecule has 0 saturated carbocycles. The van der Waals surface area contributed by atoms with Crippen molar-refractivity contribution in [3.8, 4) is 0 Å². The van der Waals surface area contributed by atoms with Crippen LogP contribution in [0.4, 0.5) is 4.79 Å². The monoisotopic (exact) mass is 530 g/mol. The van der Waals surface area contributed by atoms with Crippen LogP contribution in [0.3, 0.4) is 0 Å². The van der Waals surface area contributed by atoms with Gasteiger partial charge in [0.1, 0.15) is 12.9 Å². The van der Waals surface area contributed by atoms with Crippen molar-refractivity contribution in [3.05, 3.63) is 70.8 Å². The number of carbonyl (C=O) groups is 2. The van der Waals surface area contributed by atoms with E-state index in [0.717, 1.165) is 16.7 Å². The molecule has 198 valence electrons. The number of amides is 2. The smallest absolute Gasteiger partial charge is 0.426 e. The van der Waals surface area contributed by atoms with Gasteiger partial charge in [-0.15, -0.1) is 0 Å². The Morgan fingerprint density at radius 1 is 0.944 bits per heavy atom. The Balaban J connectivity index is 2.34. The molecule has 2 aromatic rings.